The molecule has 1 aromatic rings. The monoisotopic (exact) mass is 250 g/mol. The molecule has 0 aliphatic rings. The number of ether oxygens (including phenoxy) is 1. The van der Waals surface area contributed by atoms with E-state index in [1.165, 1.54) is 7.11 Å². The summed E-state index contributed by atoms with van der Waals surface area (Å²) in [5, 5.41) is 5.19. The average molecular weight is 250 g/mol. The van der Waals surface area contributed by atoms with Gasteiger partial charge in [-0.25, -0.2) is 4.79 Å². The van der Waals surface area contributed by atoms with Crippen LogP contribution in [0, 0.1) is 6.92 Å². The summed E-state index contributed by atoms with van der Waals surface area (Å²) in [6, 6.07) is 5.42. The number of methoxy groups -OCH3 is 1. The van der Waals surface area contributed by atoms with Gasteiger partial charge in [0.2, 0.25) is 0 Å². The van der Waals surface area contributed by atoms with Crippen LogP contribution >= 0.6 is 0 Å². The number of urea groups is 1. The second-order valence-corrected chi connectivity index (χ2v) is 3.85. The molecular weight excluding hydrogens is 232 g/mol. The molecule has 0 aliphatic heterocycles. The van der Waals surface area contributed by atoms with Gasteiger partial charge in [0, 0.05) is 5.69 Å². The normalized spacial score (nSPS) is 9.72. The first kappa shape index (κ1) is 14.0. The van der Waals surface area contributed by atoms with E-state index in [0.717, 1.165) is 23.2 Å². The molecule has 1 rings (SSSR count). The van der Waals surface area contributed by atoms with E-state index < -0.39 is 12.0 Å². The number of para-hydroxylation sites is 1. The van der Waals surface area contributed by atoms with Gasteiger partial charge >= 0.3 is 12.0 Å². The highest BCUT2D eigenvalue weighted by atomic mass is 16.5. The fraction of sp³-hybridized carbons (Fsp3) is 0.385. The van der Waals surface area contributed by atoms with Crippen LogP contribution in [0.5, 0.6) is 0 Å². The minimum absolute atomic E-state index is 0.143. The average Bonchev–Trinajstić information content (AvgIpc) is 2.38. The van der Waals surface area contributed by atoms with Crippen LogP contribution in [0.3, 0.4) is 0 Å². The summed E-state index contributed by atoms with van der Waals surface area (Å²) in [6.07, 6.45) is 0.828. The molecule has 0 fully saturated rings. The third-order valence-corrected chi connectivity index (χ3v) is 2.60. The Bertz CT molecular complexity index is 444. The van der Waals surface area contributed by atoms with Crippen molar-refractivity contribution in [3.8, 4) is 0 Å². The number of carbonyl (C=O) groups excluding carboxylic acids is 2. The zero-order valence-electron chi connectivity index (χ0n) is 10.9. The first-order chi connectivity index (χ1) is 8.58. The summed E-state index contributed by atoms with van der Waals surface area (Å²) in [6.45, 7) is 3.80. The Morgan fingerprint density at radius 1 is 1.33 bits per heavy atom. The Labute approximate surface area is 107 Å². The van der Waals surface area contributed by atoms with E-state index in [1.54, 1.807) is 0 Å². The quantitative estimate of drug-likeness (QED) is 0.801. The van der Waals surface area contributed by atoms with Gasteiger partial charge < -0.3 is 15.4 Å². The molecule has 0 saturated carbocycles. The zero-order valence-corrected chi connectivity index (χ0v) is 10.9. The lowest BCUT2D eigenvalue weighted by molar-refractivity contribution is -0.139. The van der Waals surface area contributed by atoms with Crippen molar-refractivity contribution in [3.05, 3.63) is 29.3 Å². The molecule has 18 heavy (non-hydrogen) atoms. The van der Waals surface area contributed by atoms with E-state index in [1.807, 2.05) is 32.0 Å². The number of hydrogen-bond donors (Lipinski definition) is 2. The molecule has 2 N–H and O–H groups in total. The van der Waals surface area contributed by atoms with Gasteiger partial charge in [-0.1, -0.05) is 25.1 Å². The molecule has 0 bridgehead atoms. The number of esters is 1. The van der Waals surface area contributed by atoms with Gasteiger partial charge in [-0.2, -0.15) is 0 Å². The lowest BCUT2D eigenvalue weighted by Gasteiger charge is -2.13. The fourth-order valence-electron chi connectivity index (χ4n) is 1.58. The fourth-order valence-corrected chi connectivity index (χ4v) is 1.58. The van der Waals surface area contributed by atoms with Crippen LogP contribution in [0.25, 0.3) is 0 Å². The van der Waals surface area contributed by atoms with Crippen molar-refractivity contribution in [1.82, 2.24) is 5.32 Å². The maximum atomic E-state index is 11.6. The van der Waals surface area contributed by atoms with Gasteiger partial charge in [-0.15, -0.1) is 0 Å². The van der Waals surface area contributed by atoms with Crippen LogP contribution in [0.4, 0.5) is 10.5 Å². The zero-order chi connectivity index (χ0) is 13.5. The molecule has 5 heteroatoms. The molecule has 5 nitrogen and oxygen atoms in total. The van der Waals surface area contributed by atoms with Crippen LogP contribution < -0.4 is 10.6 Å². The lowest BCUT2D eigenvalue weighted by atomic mass is 10.1. The van der Waals surface area contributed by atoms with Crippen molar-refractivity contribution in [2.45, 2.75) is 20.3 Å². The van der Waals surface area contributed by atoms with E-state index >= 15 is 0 Å². The number of nitrogens with one attached hydrogen (secondary N) is 2. The number of amides is 2. The molecule has 0 radical (unpaired) electrons. The molecule has 0 unspecified atom stereocenters. The lowest BCUT2D eigenvalue weighted by Crippen LogP contribution is -2.34. The van der Waals surface area contributed by atoms with Gasteiger partial charge in [0.05, 0.1) is 7.11 Å². The van der Waals surface area contributed by atoms with Gasteiger partial charge in [0.1, 0.15) is 6.54 Å². The Morgan fingerprint density at radius 3 is 2.67 bits per heavy atom. The van der Waals surface area contributed by atoms with Crippen LogP contribution in [-0.2, 0) is 16.0 Å². The number of benzene rings is 1. The maximum absolute atomic E-state index is 11.6. The van der Waals surface area contributed by atoms with Crippen molar-refractivity contribution in [3.63, 3.8) is 0 Å². The highest BCUT2D eigenvalue weighted by Gasteiger charge is 2.09. The molecule has 0 spiro atoms. The maximum Gasteiger partial charge on any atom is 0.325 e. The number of anilines is 1. The highest BCUT2D eigenvalue weighted by Crippen LogP contribution is 2.20. The van der Waals surface area contributed by atoms with Gasteiger partial charge in [0.15, 0.2) is 0 Å². The molecule has 0 aliphatic carbocycles. The minimum Gasteiger partial charge on any atom is -0.468 e. The number of aryl methyl sites for hydroxylation is 2. The van der Waals surface area contributed by atoms with Crippen LogP contribution in [-0.4, -0.2) is 25.7 Å². The Kier molecular flexibility index (Phi) is 5.17. The van der Waals surface area contributed by atoms with Crippen molar-refractivity contribution >= 4 is 17.7 Å². The molecule has 98 valence electrons. The van der Waals surface area contributed by atoms with Gasteiger partial charge in [0.25, 0.3) is 0 Å². The van der Waals surface area contributed by atoms with Crippen molar-refractivity contribution in [1.29, 1.82) is 0 Å². The Morgan fingerprint density at radius 2 is 2.06 bits per heavy atom. The molecule has 0 aromatic heterocycles. The van der Waals surface area contributed by atoms with Gasteiger partial charge in [-0.05, 0) is 24.5 Å². The number of rotatable bonds is 4. The molecule has 1 aromatic carbocycles. The largest absolute Gasteiger partial charge is 0.468 e. The number of carbonyl (C=O) groups is 2. The van der Waals surface area contributed by atoms with E-state index in [9.17, 15) is 9.59 Å². The SMILES string of the molecule is CCc1cccc(C)c1NC(=O)NCC(=O)OC. The third kappa shape index (κ3) is 3.76. The third-order valence-electron chi connectivity index (χ3n) is 2.60. The Hall–Kier alpha value is -2.04. The summed E-state index contributed by atoms with van der Waals surface area (Å²) >= 11 is 0. The van der Waals surface area contributed by atoms with Crippen LogP contribution in [0.15, 0.2) is 18.2 Å². The summed E-state index contributed by atoms with van der Waals surface area (Å²) in [7, 11) is 1.28. The van der Waals surface area contributed by atoms with Gasteiger partial charge in [-0.3, -0.25) is 4.79 Å². The second kappa shape index (κ2) is 6.64. The Balaban J connectivity index is 2.67. The second-order valence-electron chi connectivity index (χ2n) is 3.85. The molecular formula is C13H18N2O3. The summed E-state index contributed by atoms with van der Waals surface area (Å²) < 4.78 is 4.44. The summed E-state index contributed by atoms with van der Waals surface area (Å²) in [4.78, 5) is 22.5. The van der Waals surface area contributed by atoms with Crippen LogP contribution in [0.1, 0.15) is 18.1 Å². The standard InChI is InChI=1S/C13H18N2O3/c1-4-10-7-5-6-9(2)12(10)15-13(17)14-8-11(16)18-3/h5-7H,4,8H2,1-3H3,(H2,14,15,17). The predicted octanol–water partition coefficient (Wildman–Crippen LogP) is 1.85. The first-order valence-corrected chi connectivity index (χ1v) is 5.78. The first-order valence-electron chi connectivity index (χ1n) is 5.78. The highest BCUT2D eigenvalue weighted by molar-refractivity contribution is 5.92. The van der Waals surface area contributed by atoms with E-state index in [2.05, 4.69) is 15.4 Å². The van der Waals surface area contributed by atoms with Crippen molar-refractivity contribution in [2.75, 3.05) is 19.0 Å². The van der Waals surface area contributed by atoms with Crippen molar-refractivity contribution < 1.29 is 14.3 Å². The molecule has 0 heterocycles. The predicted molar refractivity (Wildman–Crippen MR) is 69.6 cm³/mol. The molecule has 0 saturated heterocycles. The summed E-state index contributed by atoms with van der Waals surface area (Å²) in [5.41, 5.74) is 2.84. The van der Waals surface area contributed by atoms with Crippen molar-refractivity contribution in [2.24, 2.45) is 0 Å². The van der Waals surface area contributed by atoms with Crippen LogP contribution in [0.2, 0.25) is 0 Å². The summed E-state index contributed by atoms with van der Waals surface area (Å²) in [5.74, 6) is -0.481. The molecule has 0 atom stereocenters. The molecule has 2 amide bonds. The van der Waals surface area contributed by atoms with E-state index in [0.29, 0.717) is 0 Å². The topological polar surface area (TPSA) is 67.4 Å². The van der Waals surface area contributed by atoms with E-state index in [4.69, 9.17) is 0 Å². The number of hydrogen-bond acceptors (Lipinski definition) is 3. The van der Waals surface area contributed by atoms with E-state index in [-0.39, 0.29) is 6.54 Å². The smallest absolute Gasteiger partial charge is 0.325 e. The minimum atomic E-state index is -0.481.